The lowest BCUT2D eigenvalue weighted by Gasteiger charge is -2.38. The minimum Gasteiger partial charge on any atom is -0.444 e. The number of amides is 1. The molecule has 0 bridgehead atoms. The second-order valence-corrected chi connectivity index (χ2v) is 7.29. The number of aliphatic hydroxyl groups excluding tert-OH is 2. The maximum atomic E-state index is 11.8. The summed E-state index contributed by atoms with van der Waals surface area (Å²) in [5.74, 6) is 0. The molecule has 0 aromatic carbocycles. The first-order valence-corrected chi connectivity index (χ1v) is 8.22. The molecule has 6 heteroatoms. The van der Waals surface area contributed by atoms with Crippen LogP contribution in [0.2, 0.25) is 0 Å². The van der Waals surface area contributed by atoms with Crippen LogP contribution < -0.4 is 10.6 Å². The van der Waals surface area contributed by atoms with Gasteiger partial charge in [0.1, 0.15) is 5.60 Å². The predicted molar refractivity (Wildman–Crippen MR) is 85.7 cm³/mol. The molecule has 1 aliphatic rings. The molecule has 0 spiro atoms. The summed E-state index contributed by atoms with van der Waals surface area (Å²) in [5.41, 5.74) is -1.08. The highest BCUT2D eigenvalue weighted by Gasteiger charge is 2.32. The topological polar surface area (TPSA) is 90.8 Å². The SMILES string of the molecule is CCC(CO)(CO)NC1CCC(NC(=O)OC(C)(C)C)CC1. The van der Waals surface area contributed by atoms with Crippen molar-refractivity contribution in [1.29, 1.82) is 0 Å². The van der Waals surface area contributed by atoms with Crippen LogP contribution >= 0.6 is 0 Å². The first kappa shape index (κ1) is 19.2. The molecule has 1 fully saturated rings. The summed E-state index contributed by atoms with van der Waals surface area (Å²) in [6.45, 7) is 7.35. The number of aliphatic hydroxyl groups is 2. The van der Waals surface area contributed by atoms with Gasteiger partial charge in [0, 0.05) is 12.1 Å². The lowest BCUT2D eigenvalue weighted by atomic mass is 9.88. The summed E-state index contributed by atoms with van der Waals surface area (Å²) in [5, 5.41) is 25.3. The van der Waals surface area contributed by atoms with Crippen LogP contribution in [0, 0.1) is 0 Å². The van der Waals surface area contributed by atoms with Gasteiger partial charge in [-0.15, -0.1) is 0 Å². The quantitative estimate of drug-likeness (QED) is 0.597. The van der Waals surface area contributed by atoms with Crippen molar-refractivity contribution in [3.63, 3.8) is 0 Å². The van der Waals surface area contributed by atoms with E-state index in [9.17, 15) is 15.0 Å². The third-order valence-corrected chi connectivity index (χ3v) is 4.24. The van der Waals surface area contributed by atoms with Gasteiger partial charge in [-0.25, -0.2) is 4.79 Å². The maximum absolute atomic E-state index is 11.8. The fraction of sp³-hybridized carbons (Fsp3) is 0.938. The highest BCUT2D eigenvalue weighted by Crippen LogP contribution is 2.22. The van der Waals surface area contributed by atoms with E-state index in [1.54, 1.807) is 0 Å². The van der Waals surface area contributed by atoms with Crippen molar-refractivity contribution in [3.05, 3.63) is 0 Å². The van der Waals surface area contributed by atoms with Gasteiger partial charge in [0.15, 0.2) is 0 Å². The van der Waals surface area contributed by atoms with Gasteiger partial charge >= 0.3 is 6.09 Å². The van der Waals surface area contributed by atoms with Crippen LogP contribution in [0.3, 0.4) is 0 Å². The first-order chi connectivity index (χ1) is 10.2. The molecule has 0 aliphatic heterocycles. The van der Waals surface area contributed by atoms with Gasteiger partial charge in [-0.2, -0.15) is 0 Å². The van der Waals surface area contributed by atoms with Gasteiger partial charge in [0.2, 0.25) is 0 Å². The molecule has 1 amide bonds. The minimum atomic E-state index is -0.601. The standard InChI is InChI=1S/C16H32N2O4/c1-5-16(10-19,11-20)18-13-8-6-12(7-9-13)17-14(21)22-15(2,3)4/h12-13,18-20H,5-11H2,1-4H3,(H,17,21). The van der Waals surface area contributed by atoms with Crippen LogP contribution in [0.1, 0.15) is 59.8 Å². The monoisotopic (exact) mass is 316 g/mol. The number of nitrogens with one attached hydrogen (secondary N) is 2. The smallest absolute Gasteiger partial charge is 0.407 e. The van der Waals surface area contributed by atoms with Crippen molar-refractivity contribution in [2.45, 2.75) is 83.0 Å². The number of carbonyl (C=O) groups excluding carboxylic acids is 1. The number of carbonyl (C=O) groups is 1. The molecule has 1 rings (SSSR count). The maximum Gasteiger partial charge on any atom is 0.407 e. The molecule has 0 unspecified atom stereocenters. The molecule has 0 aromatic rings. The second kappa shape index (κ2) is 8.13. The van der Waals surface area contributed by atoms with Crippen molar-refractivity contribution >= 4 is 6.09 Å². The predicted octanol–water partition coefficient (Wildman–Crippen LogP) is 1.55. The Kier molecular flexibility index (Phi) is 7.09. The molecule has 130 valence electrons. The Hall–Kier alpha value is -0.850. The average Bonchev–Trinajstić information content (AvgIpc) is 2.45. The fourth-order valence-electron chi connectivity index (χ4n) is 2.76. The molecule has 0 aromatic heterocycles. The highest BCUT2D eigenvalue weighted by molar-refractivity contribution is 5.68. The summed E-state index contributed by atoms with van der Waals surface area (Å²) in [7, 11) is 0. The van der Waals surface area contributed by atoms with E-state index in [1.165, 1.54) is 0 Å². The largest absolute Gasteiger partial charge is 0.444 e. The molecule has 0 radical (unpaired) electrons. The van der Waals surface area contributed by atoms with Crippen LogP contribution in [0.4, 0.5) is 4.79 Å². The van der Waals surface area contributed by atoms with Gasteiger partial charge in [0.05, 0.1) is 18.8 Å². The van der Waals surface area contributed by atoms with E-state index in [2.05, 4.69) is 10.6 Å². The number of hydrogen-bond donors (Lipinski definition) is 4. The minimum absolute atomic E-state index is 0.0733. The second-order valence-electron chi connectivity index (χ2n) is 7.29. The van der Waals surface area contributed by atoms with Crippen molar-refractivity contribution in [2.24, 2.45) is 0 Å². The fourth-order valence-corrected chi connectivity index (χ4v) is 2.76. The third kappa shape index (κ3) is 6.10. The highest BCUT2D eigenvalue weighted by atomic mass is 16.6. The van der Waals surface area contributed by atoms with Gasteiger partial charge in [-0.05, 0) is 52.9 Å². The Morgan fingerprint density at radius 2 is 1.59 bits per heavy atom. The Bertz CT molecular complexity index is 334. The van der Waals surface area contributed by atoms with E-state index in [0.717, 1.165) is 25.7 Å². The molecule has 0 heterocycles. The van der Waals surface area contributed by atoms with E-state index >= 15 is 0 Å². The van der Waals surface area contributed by atoms with Gasteiger partial charge in [0.25, 0.3) is 0 Å². The molecule has 1 saturated carbocycles. The van der Waals surface area contributed by atoms with Crippen molar-refractivity contribution in [2.75, 3.05) is 13.2 Å². The molecule has 6 nitrogen and oxygen atoms in total. The molecule has 1 aliphatic carbocycles. The molecular formula is C16H32N2O4. The lowest BCUT2D eigenvalue weighted by molar-refractivity contribution is 0.0475. The Labute approximate surface area is 133 Å². The number of alkyl carbamates (subject to hydrolysis) is 1. The number of ether oxygens (including phenoxy) is 1. The van der Waals surface area contributed by atoms with E-state index in [1.807, 2.05) is 27.7 Å². The van der Waals surface area contributed by atoms with Crippen LogP contribution in [0.5, 0.6) is 0 Å². The zero-order valence-corrected chi connectivity index (χ0v) is 14.3. The van der Waals surface area contributed by atoms with Crippen molar-refractivity contribution in [3.8, 4) is 0 Å². The van der Waals surface area contributed by atoms with Gasteiger partial charge in [-0.1, -0.05) is 6.92 Å². The summed E-state index contributed by atoms with van der Waals surface area (Å²) < 4.78 is 5.27. The Morgan fingerprint density at radius 3 is 2.00 bits per heavy atom. The van der Waals surface area contributed by atoms with E-state index in [-0.39, 0.29) is 31.4 Å². The molecule has 0 saturated heterocycles. The van der Waals surface area contributed by atoms with E-state index in [0.29, 0.717) is 6.42 Å². The van der Waals surface area contributed by atoms with Crippen molar-refractivity contribution in [1.82, 2.24) is 10.6 Å². The number of rotatable bonds is 6. The van der Waals surface area contributed by atoms with E-state index in [4.69, 9.17) is 4.74 Å². The summed E-state index contributed by atoms with van der Waals surface area (Å²) in [4.78, 5) is 11.8. The Balaban J connectivity index is 2.39. The molecule has 22 heavy (non-hydrogen) atoms. The normalized spacial score (nSPS) is 23.2. The zero-order chi connectivity index (χ0) is 16.8. The van der Waals surface area contributed by atoms with Crippen LogP contribution in [0.15, 0.2) is 0 Å². The molecule has 4 N–H and O–H groups in total. The summed E-state index contributed by atoms with van der Waals surface area (Å²) in [6.07, 6.45) is 3.86. The third-order valence-electron chi connectivity index (χ3n) is 4.24. The lowest BCUT2D eigenvalue weighted by Crippen LogP contribution is -2.56. The van der Waals surface area contributed by atoms with Crippen LogP contribution in [0.25, 0.3) is 0 Å². The van der Waals surface area contributed by atoms with Crippen LogP contribution in [-0.2, 0) is 4.74 Å². The van der Waals surface area contributed by atoms with E-state index < -0.39 is 11.1 Å². The first-order valence-electron chi connectivity index (χ1n) is 8.22. The van der Waals surface area contributed by atoms with Gasteiger partial charge < -0.3 is 25.6 Å². The summed E-state index contributed by atoms with van der Waals surface area (Å²) >= 11 is 0. The zero-order valence-electron chi connectivity index (χ0n) is 14.3. The molecular weight excluding hydrogens is 284 g/mol. The summed E-state index contributed by atoms with van der Waals surface area (Å²) in [6, 6.07) is 0.392. The number of hydrogen-bond acceptors (Lipinski definition) is 5. The van der Waals surface area contributed by atoms with Crippen molar-refractivity contribution < 1.29 is 19.7 Å². The van der Waals surface area contributed by atoms with Crippen LogP contribution in [-0.4, -0.2) is 52.7 Å². The Morgan fingerprint density at radius 1 is 1.09 bits per heavy atom. The van der Waals surface area contributed by atoms with Gasteiger partial charge in [-0.3, -0.25) is 0 Å². The molecule has 0 atom stereocenters. The average molecular weight is 316 g/mol.